The smallest absolute Gasteiger partial charge is 0.390 e. The first kappa shape index (κ1) is 17.2. The monoisotopic (exact) mass is 311 g/mol. The average molecular weight is 311 g/mol. The zero-order valence-electron chi connectivity index (χ0n) is 11.4. The molecule has 0 bridgehead atoms. The van der Waals surface area contributed by atoms with Crippen LogP contribution in [0.1, 0.15) is 13.3 Å². The van der Waals surface area contributed by atoms with Gasteiger partial charge in [-0.05, 0) is 19.1 Å². The number of carbonyl (C=O) groups excluding carboxylic acids is 1. The first-order chi connectivity index (χ1) is 9.60. The summed E-state index contributed by atoms with van der Waals surface area (Å²) in [6, 6.07) is 2.71. The van der Waals surface area contributed by atoms with Crippen LogP contribution >= 0.6 is 0 Å². The quantitative estimate of drug-likeness (QED) is 0.782. The number of amides is 1. The van der Waals surface area contributed by atoms with Gasteiger partial charge in [0.25, 0.3) is 5.91 Å². The van der Waals surface area contributed by atoms with Crippen molar-refractivity contribution in [3.63, 3.8) is 0 Å². The Hall–Kier alpha value is -1.86. The second kappa shape index (κ2) is 6.73. The van der Waals surface area contributed by atoms with E-state index in [-0.39, 0.29) is 5.75 Å². The van der Waals surface area contributed by atoms with Gasteiger partial charge in [-0.3, -0.25) is 4.79 Å². The van der Waals surface area contributed by atoms with Gasteiger partial charge in [-0.1, -0.05) is 0 Å². The van der Waals surface area contributed by atoms with E-state index in [0.717, 1.165) is 23.1 Å². The highest BCUT2D eigenvalue weighted by Gasteiger charge is 2.29. The van der Waals surface area contributed by atoms with Gasteiger partial charge in [0.15, 0.2) is 17.7 Å². The van der Waals surface area contributed by atoms with Crippen LogP contribution in [0.3, 0.4) is 0 Å². The number of hydrogen-bond acceptors (Lipinski definition) is 2. The molecule has 0 aliphatic rings. The van der Waals surface area contributed by atoms with Crippen molar-refractivity contribution in [2.75, 3.05) is 13.6 Å². The zero-order valence-corrected chi connectivity index (χ0v) is 11.4. The minimum Gasteiger partial charge on any atom is -0.481 e. The van der Waals surface area contributed by atoms with Crippen molar-refractivity contribution in [1.82, 2.24) is 4.90 Å². The molecule has 0 N–H and O–H groups in total. The summed E-state index contributed by atoms with van der Waals surface area (Å²) in [6.07, 6.45) is -6.61. The molecule has 21 heavy (non-hydrogen) atoms. The third-order valence-electron chi connectivity index (χ3n) is 2.66. The molecule has 118 valence electrons. The Kier molecular flexibility index (Phi) is 5.51. The summed E-state index contributed by atoms with van der Waals surface area (Å²) in [5.41, 5.74) is 0. The molecule has 0 saturated heterocycles. The predicted octanol–water partition coefficient (Wildman–Crippen LogP) is 3.14. The van der Waals surface area contributed by atoms with Crippen molar-refractivity contribution >= 4 is 5.91 Å². The van der Waals surface area contributed by atoms with Crippen molar-refractivity contribution in [3.8, 4) is 5.75 Å². The summed E-state index contributed by atoms with van der Waals surface area (Å²) >= 11 is 0. The molecule has 1 aromatic carbocycles. The first-order valence-corrected chi connectivity index (χ1v) is 6.03. The van der Waals surface area contributed by atoms with Crippen LogP contribution < -0.4 is 4.74 Å². The van der Waals surface area contributed by atoms with Gasteiger partial charge in [0.1, 0.15) is 5.75 Å². The second-order valence-corrected chi connectivity index (χ2v) is 4.46. The van der Waals surface area contributed by atoms with Crippen molar-refractivity contribution in [2.45, 2.75) is 25.6 Å². The van der Waals surface area contributed by atoms with Crippen LogP contribution in [0.2, 0.25) is 0 Å². The molecular formula is C13H14F5NO2. The van der Waals surface area contributed by atoms with Crippen LogP contribution in [-0.2, 0) is 4.79 Å². The highest BCUT2D eigenvalue weighted by atomic mass is 19.4. The molecule has 0 spiro atoms. The third kappa shape index (κ3) is 5.57. The number of halogens is 5. The maximum absolute atomic E-state index is 13.0. The van der Waals surface area contributed by atoms with Crippen LogP contribution in [0.15, 0.2) is 18.2 Å². The lowest BCUT2D eigenvalue weighted by Crippen LogP contribution is -2.39. The summed E-state index contributed by atoms with van der Waals surface area (Å²) in [4.78, 5) is 12.7. The van der Waals surface area contributed by atoms with Gasteiger partial charge in [-0.2, -0.15) is 13.2 Å². The molecule has 1 atom stereocenters. The zero-order chi connectivity index (χ0) is 16.2. The number of carbonyl (C=O) groups is 1. The second-order valence-electron chi connectivity index (χ2n) is 4.46. The van der Waals surface area contributed by atoms with Crippen LogP contribution in [0.5, 0.6) is 5.75 Å². The molecule has 0 unspecified atom stereocenters. The highest BCUT2D eigenvalue weighted by Crippen LogP contribution is 2.20. The summed E-state index contributed by atoms with van der Waals surface area (Å²) in [5, 5.41) is 0. The molecule has 1 rings (SSSR count). The number of benzene rings is 1. The van der Waals surface area contributed by atoms with E-state index in [1.807, 2.05) is 0 Å². The minimum atomic E-state index is -4.36. The van der Waals surface area contributed by atoms with Gasteiger partial charge in [0, 0.05) is 19.7 Å². The van der Waals surface area contributed by atoms with E-state index < -0.39 is 42.8 Å². The molecule has 0 aromatic heterocycles. The van der Waals surface area contributed by atoms with E-state index >= 15 is 0 Å². The number of rotatable bonds is 5. The number of likely N-dealkylation sites (N-methyl/N-ethyl adjacent to an activating group) is 1. The van der Waals surface area contributed by atoms with E-state index in [4.69, 9.17) is 4.74 Å². The molecule has 0 aliphatic heterocycles. The Labute approximate surface area is 118 Å². The summed E-state index contributed by atoms with van der Waals surface area (Å²) < 4.78 is 67.0. The molecule has 1 amide bonds. The Morgan fingerprint density at radius 2 is 1.90 bits per heavy atom. The number of ether oxygens (including phenoxy) is 1. The van der Waals surface area contributed by atoms with E-state index in [1.54, 1.807) is 0 Å². The lowest BCUT2D eigenvalue weighted by molar-refractivity contribution is -0.147. The Balaban J connectivity index is 2.59. The lowest BCUT2D eigenvalue weighted by Gasteiger charge is -2.22. The van der Waals surface area contributed by atoms with Gasteiger partial charge in [0.2, 0.25) is 0 Å². The maximum atomic E-state index is 13.0. The minimum absolute atomic E-state index is 0.0843. The normalized spacial score (nSPS) is 12.9. The van der Waals surface area contributed by atoms with Gasteiger partial charge in [-0.15, -0.1) is 0 Å². The molecular weight excluding hydrogens is 297 g/mol. The fourth-order valence-electron chi connectivity index (χ4n) is 1.52. The van der Waals surface area contributed by atoms with E-state index in [0.29, 0.717) is 0 Å². The number of nitrogens with zero attached hydrogens (tertiary/aromatic N) is 1. The lowest BCUT2D eigenvalue weighted by atomic mass is 10.3. The van der Waals surface area contributed by atoms with Gasteiger partial charge >= 0.3 is 6.18 Å². The van der Waals surface area contributed by atoms with Crippen LogP contribution in [0, 0.1) is 11.6 Å². The van der Waals surface area contributed by atoms with Gasteiger partial charge < -0.3 is 9.64 Å². The van der Waals surface area contributed by atoms with Gasteiger partial charge in [0.05, 0.1) is 6.42 Å². The van der Waals surface area contributed by atoms with Crippen LogP contribution in [-0.4, -0.2) is 36.7 Å². The maximum Gasteiger partial charge on any atom is 0.390 e. The third-order valence-corrected chi connectivity index (χ3v) is 2.66. The summed E-state index contributed by atoms with van der Waals surface area (Å²) in [5.74, 6) is -2.98. The van der Waals surface area contributed by atoms with E-state index in [2.05, 4.69) is 0 Å². The largest absolute Gasteiger partial charge is 0.481 e. The van der Waals surface area contributed by atoms with Crippen LogP contribution in [0.4, 0.5) is 22.0 Å². The molecule has 0 fully saturated rings. The average Bonchev–Trinajstić information content (AvgIpc) is 2.38. The number of alkyl halides is 3. The first-order valence-electron chi connectivity index (χ1n) is 6.03. The molecule has 3 nitrogen and oxygen atoms in total. The molecule has 0 radical (unpaired) electrons. The Morgan fingerprint density at radius 1 is 1.29 bits per heavy atom. The molecule has 8 heteroatoms. The topological polar surface area (TPSA) is 29.5 Å². The fraction of sp³-hybridized carbons (Fsp3) is 0.462. The molecule has 0 aliphatic carbocycles. The fourth-order valence-corrected chi connectivity index (χ4v) is 1.52. The van der Waals surface area contributed by atoms with Gasteiger partial charge in [-0.25, -0.2) is 8.78 Å². The molecule has 0 heterocycles. The van der Waals surface area contributed by atoms with Crippen molar-refractivity contribution in [1.29, 1.82) is 0 Å². The van der Waals surface area contributed by atoms with Crippen molar-refractivity contribution in [2.24, 2.45) is 0 Å². The Morgan fingerprint density at radius 3 is 2.43 bits per heavy atom. The van der Waals surface area contributed by atoms with Crippen LogP contribution in [0.25, 0.3) is 0 Å². The van der Waals surface area contributed by atoms with E-state index in [9.17, 15) is 26.7 Å². The Bertz CT molecular complexity index is 504. The number of hydrogen-bond donors (Lipinski definition) is 0. The highest BCUT2D eigenvalue weighted by molar-refractivity contribution is 5.80. The predicted molar refractivity (Wildman–Crippen MR) is 64.8 cm³/mol. The van der Waals surface area contributed by atoms with E-state index in [1.165, 1.54) is 14.0 Å². The molecule has 0 saturated carbocycles. The standard InChI is InChI=1S/C13H14F5NO2/c1-8(12(20)19(2)6-5-13(16,17)18)21-9-3-4-10(14)11(15)7-9/h3-4,7-8H,5-6H2,1-2H3/t8-/m1/s1. The van der Waals surface area contributed by atoms with Crippen molar-refractivity contribution < 1.29 is 31.5 Å². The summed E-state index contributed by atoms with van der Waals surface area (Å²) in [7, 11) is 1.21. The van der Waals surface area contributed by atoms with Crippen molar-refractivity contribution in [3.05, 3.63) is 29.8 Å². The summed E-state index contributed by atoms with van der Waals surface area (Å²) in [6.45, 7) is 0.807. The molecule has 1 aromatic rings. The SMILES string of the molecule is C[C@@H](Oc1ccc(F)c(F)c1)C(=O)N(C)CCC(F)(F)F.